The monoisotopic (exact) mass is 130 g/mol. The molecule has 0 aliphatic heterocycles. The molecule has 2 nitrogen and oxygen atoms in total. The minimum Gasteiger partial charge on any atom is -0.850 e. The SMILES string of the molecule is CC(C)(C)[O-].O.[K+]. The predicted molar refractivity (Wildman–Crippen MR) is 23.4 cm³/mol. The predicted octanol–water partition coefficient (Wildman–Crippen LogP) is -3.68. The molecule has 2 N–H and O–H groups in total. The van der Waals surface area contributed by atoms with Crippen LogP contribution in [0.25, 0.3) is 0 Å². The van der Waals surface area contributed by atoms with Crippen molar-refractivity contribution >= 4 is 0 Å². The molecule has 0 unspecified atom stereocenters. The molecule has 0 aromatic carbocycles. The average molecular weight is 130 g/mol. The summed E-state index contributed by atoms with van der Waals surface area (Å²) in [5.74, 6) is 0. The van der Waals surface area contributed by atoms with E-state index in [9.17, 15) is 5.11 Å². The Labute approximate surface area is 87.0 Å². The van der Waals surface area contributed by atoms with Gasteiger partial charge in [0.05, 0.1) is 0 Å². The van der Waals surface area contributed by atoms with Gasteiger partial charge in [0, 0.05) is 0 Å². The Hall–Kier alpha value is 1.56. The van der Waals surface area contributed by atoms with E-state index in [2.05, 4.69) is 0 Å². The van der Waals surface area contributed by atoms with Crippen LogP contribution in [0.2, 0.25) is 0 Å². The molecule has 0 bridgehead atoms. The second kappa shape index (κ2) is 5.69. The number of rotatable bonds is 0. The summed E-state index contributed by atoms with van der Waals surface area (Å²) in [4.78, 5) is 0. The van der Waals surface area contributed by atoms with E-state index in [1.165, 1.54) is 0 Å². The zero-order valence-electron chi connectivity index (χ0n) is 5.41. The first-order valence-electron chi connectivity index (χ1n) is 1.70. The molecule has 0 saturated carbocycles. The van der Waals surface area contributed by atoms with E-state index < -0.39 is 5.60 Å². The van der Waals surface area contributed by atoms with Gasteiger partial charge in [0.2, 0.25) is 0 Å². The van der Waals surface area contributed by atoms with Crippen molar-refractivity contribution in [3.63, 3.8) is 0 Å². The molecule has 0 atom stereocenters. The molecule has 3 heteroatoms. The average Bonchev–Trinajstić information content (AvgIpc) is 0.722. The van der Waals surface area contributed by atoms with Crippen LogP contribution in [-0.4, -0.2) is 11.1 Å². The van der Waals surface area contributed by atoms with Gasteiger partial charge in [-0.3, -0.25) is 0 Å². The third kappa shape index (κ3) is 96.3. The van der Waals surface area contributed by atoms with E-state index >= 15 is 0 Å². The zero-order valence-corrected chi connectivity index (χ0v) is 8.53. The van der Waals surface area contributed by atoms with Crippen molar-refractivity contribution in [3.05, 3.63) is 0 Å². The van der Waals surface area contributed by atoms with Crippen LogP contribution < -0.4 is 56.5 Å². The molecule has 0 fully saturated rings. The van der Waals surface area contributed by atoms with E-state index in [0.29, 0.717) is 0 Å². The molecule has 0 aromatic heterocycles. The molecule has 0 spiro atoms. The standard InChI is InChI=1S/C4H9O.K.H2O/c1-4(2,3)5;;/h1-3H3;;1H2/q-1;+1;. The van der Waals surface area contributed by atoms with E-state index in [4.69, 9.17) is 0 Å². The van der Waals surface area contributed by atoms with Crippen molar-refractivity contribution in [1.29, 1.82) is 0 Å². The van der Waals surface area contributed by atoms with Crippen LogP contribution in [0.3, 0.4) is 0 Å². The first-order chi connectivity index (χ1) is 2.00. The fourth-order valence-electron chi connectivity index (χ4n) is 0. The largest absolute Gasteiger partial charge is 1.00 e. The van der Waals surface area contributed by atoms with Crippen molar-refractivity contribution in [3.8, 4) is 0 Å². The molecule has 0 saturated heterocycles. The molecule has 40 valence electrons. The summed E-state index contributed by atoms with van der Waals surface area (Å²) in [6.45, 7) is 4.90. The molecule has 0 amide bonds. The van der Waals surface area contributed by atoms with Crippen molar-refractivity contribution in [2.75, 3.05) is 0 Å². The van der Waals surface area contributed by atoms with Gasteiger partial charge in [0.25, 0.3) is 0 Å². The van der Waals surface area contributed by atoms with Gasteiger partial charge in [-0.05, 0) is 0 Å². The maximum atomic E-state index is 10.1. The Morgan fingerprint density at radius 1 is 1.14 bits per heavy atom. The molecule has 0 rings (SSSR count). The summed E-state index contributed by atoms with van der Waals surface area (Å²) < 4.78 is 0. The molecule has 0 aromatic rings. The van der Waals surface area contributed by atoms with Crippen molar-refractivity contribution in [2.45, 2.75) is 26.4 Å². The summed E-state index contributed by atoms with van der Waals surface area (Å²) in [5.41, 5.74) is -0.750. The van der Waals surface area contributed by atoms with Gasteiger partial charge < -0.3 is 10.6 Å². The maximum Gasteiger partial charge on any atom is 1.00 e. The van der Waals surface area contributed by atoms with Gasteiger partial charge in [0.1, 0.15) is 0 Å². The molecule has 0 aliphatic rings. The van der Waals surface area contributed by atoms with E-state index in [1.807, 2.05) is 0 Å². The quantitative estimate of drug-likeness (QED) is 0.312. The molecule has 7 heavy (non-hydrogen) atoms. The summed E-state index contributed by atoms with van der Waals surface area (Å²) in [7, 11) is 0. The van der Waals surface area contributed by atoms with Gasteiger partial charge in [-0.2, -0.15) is 0 Å². The van der Waals surface area contributed by atoms with Crippen LogP contribution >= 0.6 is 0 Å². The fourth-order valence-corrected chi connectivity index (χ4v) is 0. The summed E-state index contributed by atoms with van der Waals surface area (Å²) in [6, 6.07) is 0. The van der Waals surface area contributed by atoms with E-state index in [-0.39, 0.29) is 56.9 Å². The summed E-state index contributed by atoms with van der Waals surface area (Å²) >= 11 is 0. The summed E-state index contributed by atoms with van der Waals surface area (Å²) in [6.07, 6.45) is 0. The number of hydrogen-bond acceptors (Lipinski definition) is 1. The fraction of sp³-hybridized carbons (Fsp3) is 1.00. The molecule has 0 radical (unpaired) electrons. The molecular weight excluding hydrogens is 119 g/mol. The smallest absolute Gasteiger partial charge is 0.850 e. The third-order valence-electron chi connectivity index (χ3n) is 0. The van der Waals surface area contributed by atoms with Crippen molar-refractivity contribution in [2.24, 2.45) is 0 Å². The van der Waals surface area contributed by atoms with Gasteiger partial charge in [-0.1, -0.05) is 20.8 Å². The second-order valence-corrected chi connectivity index (χ2v) is 2.11. The van der Waals surface area contributed by atoms with E-state index in [1.54, 1.807) is 20.8 Å². The Bertz CT molecular complexity index is 25.2. The minimum atomic E-state index is -0.750. The van der Waals surface area contributed by atoms with E-state index in [0.717, 1.165) is 0 Å². The Morgan fingerprint density at radius 2 is 1.14 bits per heavy atom. The van der Waals surface area contributed by atoms with Crippen LogP contribution in [0.5, 0.6) is 0 Å². The van der Waals surface area contributed by atoms with Crippen LogP contribution in [0.1, 0.15) is 20.8 Å². The van der Waals surface area contributed by atoms with Gasteiger partial charge in [-0.25, -0.2) is 0 Å². The Morgan fingerprint density at radius 3 is 1.14 bits per heavy atom. The van der Waals surface area contributed by atoms with Crippen molar-refractivity contribution in [1.82, 2.24) is 0 Å². The van der Waals surface area contributed by atoms with Gasteiger partial charge >= 0.3 is 51.4 Å². The zero-order chi connectivity index (χ0) is 4.50. The number of hydrogen-bond donors (Lipinski definition) is 0. The first kappa shape index (κ1) is 15.8. The van der Waals surface area contributed by atoms with Gasteiger partial charge in [-0.15, -0.1) is 5.60 Å². The van der Waals surface area contributed by atoms with Gasteiger partial charge in [0.15, 0.2) is 0 Å². The van der Waals surface area contributed by atoms with Crippen LogP contribution in [0, 0.1) is 0 Å². The van der Waals surface area contributed by atoms with Crippen molar-refractivity contribution < 1.29 is 62.0 Å². The molecular formula is C4H11KO2. The van der Waals surface area contributed by atoms with Crippen LogP contribution in [0.4, 0.5) is 0 Å². The molecule has 0 aliphatic carbocycles. The van der Waals surface area contributed by atoms with Crippen LogP contribution in [-0.2, 0) is 0 Å². The minimum absolute atomic E-state index is 0. The van der Waals surface area contributed by atoms with Crippen LogP contribution in [0.15, 0.2) is 0 Å². The third-order valence-corrected chi connectivity index (χ3v) is 0. The second-order valence-electron chi connectivity index (χ2n) is 2.11. The Balaban J connectivity index is -0.0000000800. The maximum absolute atomic E-state index is 10.1. The summed E-state index contributed by atoms with van der Waals surface area (Å²) in [5, 5.41) is 10.1. The molecule has 0 heterocycles. The topological polar surface area (TPSA) is 54.6 Å². The Kier molecular flexibility index (Phi) is 12.9. The first-order valence-corrected chi connectivity index (χ1v) is 1.70. The normalized spacial score (nSPS) is 8.57.